The molecular formula is C21H24FNO4. The van der Waals surface area contributed by atoms with Gasteiger partial charge in [-0.15, -0.1) is 0 Å². The number of carbonyl (C=O) groups excluding carboxylic acids is 1. The van der Waals surface area contributed by atoms with Crippen molar-refractivity contribution in [1.82, 2.24) is 4.90 Å². The van der Waals surface area contributed by atoms with Crippen molar-refractivity contribution in [3.63, 3.8) is 0 Å². The van der Waals surface area contributed by atoms with Crippen LogP contribution in [0.3, 0.4) is 0 Å². The molecule has 1 heterocycles. The summed E-state index contributed by atoms with van der Waals surface area (Å²) in [6, 6.07) is 11.5. The van der Waals surface area contributed by atoms with Crippen molar-refractivity contribution in [2.75, 3.05) is 27.3 Å². The Bertz CT molecular complexity index is 773. The monoisotopic (exact) mass is 373 g/mol. The molecule has 1 amide bonds. The number of rotatable bonds is 6. The van der Waals surface area contributed by atoms with E-state index >= 15 is 0 Å². The van der Waals surface area contributed by atoms with Crippen molar-refractivity contribution in [3.05, 3.63) is 59.4 Å². The third-order valence-electron chi connectivity index (χ3n) is 4.64. The van der Waals surface area contributed by atoms with Crippen molar-refractivity contribution in [3.8, 4) is 11.5 Å². The molecule has 2 aromatic rings. The molecule has 5 nitrogen and oxygen atoms in total. The van der Waals surface area contributed by atoms with Crippen LogP contribution in [-0.4, -0.2) is 44.2 Å². The summed E-state index contributed by atoms with van der Waals surface area (Å²) in [7, 11) is 3.11. The maximum absolute atomic E-state index is 13.3. The van der Waals surface area contributed by atoms with Gasteiger partial charge in [-0.05, 0) is 42.7 Å². The highest BCUT2D eigenvalue weighted by Crippen LogP contribution is 2.25. The molecule has 1 aliphatic heterocycles. The molecule has 1 aliphatic rings. The third kappa shape index (κ3) is 4.98. The number of amides is 1. The van der Waals surface area contributed by atoms with Crippen molar-refractivity contribution in [2.45, 2.75) is 25.6 Å². The number of ether oxygens (including phenoxy) is 3. The summed E-state index contributed by atoms with van der Waals surface area (Å²) in [6.07, 6.45) is 1.67. The fourth-order valence-corrected chi connectivity index (χ4v) is 3.21. The molecule has 0 aliphatic carbocycles. The Morgan fingerprint density at radius 1 is 1.15 bits per heavy atom. The number of nitrogens with zero attached hydrogens (tertiary/aromatic N) is 1. The second-order valence-corrected chi connectivity index (χ2v) is 6.56. The van der Waals surface area contributed by atoms with E-state index in [0.29, 0.717) is 36.8 Å². The van der Waals surface area contributed by atoms with Gasteiger partial charge in [-0.1, -0.05) is 12.1 Å². The van der Waals surface area contributed by atoms with Crippen LogP contribution >= 0.6 is 0 Å². The summed E-state index contributed by atoms with van der Waals surface area (Å²) in [5, 5.41) is 0. The van der Waals surface area contributed by atoms with Crippen LogP contribution in [0.5, 0.6) is 11.5 Å². The van der Waals surface area contributed by atoms with E-state index in [1.54, 1.807) is 43.4 Å². The number of hydrogen-bond donors (Lipinski definition) is 0. The molecule has 6 heteroatoms. The zero-order chi connectivity index (χ0) is 19.2. The van der Waals surface area contributed by atoms with Crippen molar-refractivity contribution in [1.29, 1.82) is 0 Å². The minimum Gasteiger partial charge on any atom is -0.497 e. The van der Waals surface area contributed by atoms with Gasteiger partial charge in [0.1, 0.15) is 17.3 Å². The lowest BCUT2D eigenvalue weighted by Gasteiger charge is -2.33. The smallest absolute Gasteiger partial charge is 0.254 e. The van der Waals surface area contributed by atoms with Crippen molar-refractivity contribution >= 4 is 5.91 Å². The molecule has 0 saturated carbocycles. The topological polar surface area (TPSA) is 48.0 Å². The summed E-state index contributed by atoms with van der Waals surface area (Å²) < 4.78 is 29.7. The van der Waals surface area contributed by atoms with E-state index in [9.17, 15) is 9.18 Å². The lowest BCUT2D eigenvalue weighted by molar-refractivity contribution is -0.00680. The molecule has 1 atom stereocenters. The van der Waals surface area contributed by atoms with Crippen LogP contribution in [0.4, 0.5) is 4.39 Å². The molecule has 2 aromatic carbocycles. The zero-order valence-electron chi connectivity index (χ0n) is 15.6. The van der Waals surface area contributed by atoms with Gasteiger partial charge in [0.25, 0.3) is 5.91 Å². The summed E-state index contributed by atoms with van der Waals surface area (Å²) in [5.74, 6) is 0.803. The second kappa shape index (κ2) is 8.86. The van der Waals surface area contributed by atoms with Crippen LogP contribution < -0.4 is 9.47 Å². The molecule has 0 radical (unpaired) electrons. The van der Waals surface area contributed by atoms with E-state index in [-0.39, 0.29) is 17.8 Å². The van der Waals surface area contributed by atoms with Crippen molar-refractivity contribution in [2.24, 2.45) is 0 Å². The Kier molecular flexibility index (Phi) is 6.29. The number of halogens is 1. The fourth-order valence-electron chi connectivity index (χ4n) is 3.21. The summed E-state index contributed by atoms with van der Waals surface area (Å²) in [6.45, 7) is 1.52. The van der Waals surface area contributed by atoms with Gasteiger partial charge >= 0.3 is 0 Å². The van der Waals surface area contributed by atoms with Gasteiger partial charge in [0.05, 0.1) is 26.9 Å². The molecule has 0 spiro atoms. The Labute approximate surface area is 158 Å². The molecule has 0 aromatic heterocycles. The maximum Gasteiger partial charge on any atom is 0.254 e. The third-order valence-corrected chi connectivity index (χ3v) is 4.64. The van der Waals surface area contributed by atoms with Crippen LogP contribution in [0.15, 0.2) is 42.5 Å². The van der Waals surface area contributed by atoms with E-state index in [4.69, 9.17) is 14.2 Å². The number of methoxy groups -OCH3 is 2. The second-order valence-electron chi connectivity index (χ2n) is 6.56. The van der Waals surface area contributed by atoms with Gasteiger partial charge in [0, 0.05) is 24.7 Å². The minimum atomic E-state index is -0.275. The van der Waals surface area contributed by atoms with Gasteiger partial charge in [-0.2, -0.15) is 0 Å². The normalized spacial score (nSPS) is 16.9. The van der Waals surface area contributed by atoms with Crippen LogP contribution in [0, 0.1) is 5.82 Å². The van der Waals surface area contributed by atoms with Crippen LogP contribution in [-0.2, 0) is 11.3 Å². The predicted octanol–water partition coefficient (Wildman–Crippen LogP) is 3.66. The average Bonchev–Trinajstić information content (AvgIpc) is 2.71. The molecule has 3 rings (SSSR count). The molecule has 1 saturated heterocycles. The van der Waals surface area contributed by atoms with E-state index in [0.717, 1.165) is 18.4 Å². The summed E-state index contributed by atoms with van der Waals surface area (Å²) in [4.78, 5) is 14.7. The first-order valence-corrected chi connectivity index (χ1v) is 8.97. The Balaban J connectivity index is 1.64. The van der Waals surface area contributed by atoms with Crippen LogP contribution in [0.1, 0.15) is 28.8 Å². The Morgan fingerprint density at radius 3 is 2.56 bits per heavy atom. The summed E-state index contributed by atoms with van der Waals surface area (Å²) in [5.41, 5.74) is 1.31. The van der Waals surface area contributed by atoms with Gasteiger partial charge in [-0.25, -0.2) is 4.39 Å². The largest absolute Gasteiger partial charge is 0.497 e. The zero-order valence-corrected chi connectivity index (χ0v) is 15.6. The number of carbonyl (C=O) groups is 1. The molecule has 27 heavy (non-hydrogen) atoms. The lowest BCUT2D eigenvalue weighted by atomic mass is 10.1. The fraction of sp³-hybridized carbons (Fsp3) is 0.381. The van der Waals surface area contributed by atoms with Gasteiger partial charge < -0.3 is 19.1 Å². The van der Waals surface area contributed by atoms with Crippen LogP contribution in [0.2, 0.25) is 0 Å². The average molecular weight is 373 g/mol. The highest BCUT2D eigenvalue weighted by molar-refractivity contribution is 5.95. The molecule has 0 N–H and O–H groups in total. The first-order valence-electron chi connectivity index (χ1n) is 8.97. The number of hydrogen-bond acceptors (Lipinski definition) is 4. The molecule has 0 bridgehead atoms. The van der Waals surface area contributed by atoms with Crippen molar-refractivity contribution < 1.29 is 23.4 Å². The van der Waals surface area contributed by atoms with E-state index in [1.807, 2.05) is 6.07 Å². The van der Waals surface area contributed by atoms with Gasteiger partial charge in [0.15, 0.2) is 0 Å². The highest BCUT2D eigenvalue weighted by Gasteiger charge is 2.25. The number of likely N-dealkylation sites (tertiary alicyclic amines) is 1. The molecular weight excluding hydrogens is 349 g/mol. The first-order chi connectivity index (χ1) is 13.1. The van der Waals surface area contributed by atoms with E-state index in [1.165, 1.54) is 12.1 Å². The molecule has 1 fully saturated rings. The number of piperidine rings is 1. The minimum absolute atomic E-state index is 0.0709. The molecule has 1 unspecified atom stereocenters. The van der Waals surface area contributed by atoms with Crippen LogP contribution in [0.25, 0.3) is 0 Å². The van der Waals surface area contributed by atoms with E-state index < -0.39 is 0 Å². The Hall–Kier alpha value is -2.60. The van der Waals surface area contributed by atoms with E-state index in [2.05, 4.69) is 0 Å². The lowest BCUT2D eigenvalue weighted by Crippen LogP contribution is -2.43. The SMILES string of the molecule is COc1cc(OC)cc(C(=O)N2CCCC(OCc3cccc(F)c3)C2)c1. The quantitative estimate of drug-likeness (QED) is 0.775. The standard InChI is InChI=1S/C21H24FNO4/c1-25-19-10-16(11-20(12-19)26-2)21(24)23-8-4-7-18(13-23)27-14-15-5-3-6-17(22)9-15/h3,5-6,9-12,18H,4,7-8,13-14H2,1-2H3. The highest BCUT2D eigenvalue weighted by atomic mass is 19.1. The number of benzene rings is 2. The first kappa shape index (κ1) is 19.2. The predicted molar refractivity (Wildman–Crippen MR) is 99.7 cm³/mol. The Morgan fingerprint density at radius 2 is 1.89 bits per heavy atom. The maximum atomic E-state index is 13.3. The van der Waals surface area contributed by atoms with Gasteiger partial charge in [0.2, 0.25) is 0 Å². The summed E-state index contributed by atoms with van der Waals surface area (Å²) >= 11 is 0. The van der Waals surface area contributed by atoms with Gasteiger partial charge in [-0.3, -0.25) is 4.79 Å². The molecule has 144 valence electrons.